The van der Waals surface area contributed by atoms with Gasteiger partial charge in [-0.25, -0.2) is 0 Å². The van der Waals surface area contributed by atoms with Gasteiger partial charge in [0.1, 0.15) is 12.4 Å². The van der Waals surface area contributed by atoms with Crippen LogP contribution in [-0.2, 0) is 14.3 Å². The molecule has 6 heteroatoms. The Morgan fingerprint density at radius 3 is 2.73 bits per heavy atom. The Morgan fingerprint density at radius 1 is 1.20 bits per heavy atom. The van der Waals surface area contributed by atoms with Gasteiger partial charge in [-0.15, -0.1) is 0 Å². The lowest BCUT2D eigenvalue weighted by molar-refractivity contribution is -0.179. The molecule has 3 aliphatic rings. The fourth-order valence-corrected chi connectivity index (χ4v) is 5.19. The molecule has 3 fully saturated rings. The first-order chi connectivity index (χ1) is 14.6. The Balaban J connectivity index is 1.46. The molecule has 4 rings (SSSR count). The van der Waals surface area contributed by atoms with Gasteiger partial charge in [-0.05, 0) is 57.7 Å². The number of para-hydroxylation sites is 1. The standard InChI is InChI=1S/C24H36N2O4/c1-19(27)25-20-17-23(30-24(18-20)9-14-28-15-10-24)21-7-3-4-8-22(21)29-16-13-26-11-5-2-6-12-26/h3-4,7-8,20,23H,2,5-6,9-18H2,1H3,(H,25,27)/t20-,23-/m1/s1. The first kappa shape index (κ1) is 21.6. The van der Waals surface area contributed by atoms with Crippen molar-refractivity contribution in [2.24, 2.45) is 0 Å². The third-order valence-corrected chi connectivity index (χ3v) is 6.70. The van der Waals surface area contributed by atoms with Crippen molar-refractivity contribution in [1.82, 2.24) is 10.2 Å². The Kier molecular flexibility index (Phi) is 7.28. The van der Waals surface area contributed by atoms with Gasteiger partial charge in [-0.3, -0.25) is 9.69 Å². The van der Waals surface area contributed by atoms with E-state index in [4.69, 9.17) is 14.2 Å². The fraction of sp³-hybridized carbons (Fsp3) is 0.708. The molecule has 1 aromatic carbocycles. The molecule has 3 saturated heterocycles. The minimum absolute atomic E-state index is 0.0222. The number of rotatable bonds is 6. The Morgan fingerprint density at radius 2 is 1.97 bits per heavy atom. The largest absolute Gasteiger partial charge is 0.492 e. The van der Waals surface area contributed by atoms with E-state index in [2.05, 4.69) is 22.3 Å². The third-order valence-electron chi connectivity index (χ3n) is 6.70. The Bertz CT molecular complexity index is 698. The monoisotopic (exact) mass is 416 g/mol. The number of piperidine rings is 1. The van der Waals surface area contributed by atoms with Crippen molar-refractivity contribution < 1.29 is 19.0 Å². The second kappa shape index (κ2) is 10.1. The van der Waals surface area contributed by atoms with Crippen LogP contribution in [0.1, 0.15) is 63.5 Å². The van der Waals surface area contributed by atoms with Gasteiger partial charge in [0.2, 0.25) is 5.91 Å². The molecule has 166 valence electrons. The zero-order valence-corrected chi connectivity index (χ0v) is 18.2. The number of amides is 1. The van der Waals surface area contributed by atoms with E-state index in [0.29, 0.717) is 19.8 Å². The molecule has 0 bridgehead atoms. The molecule has 0 saturated carbocycles. The number of nitrogens with one attached hydrogen (secondary N) is 1. The van der Waals surface area contributed by atoms with Crippen molar-refractivity contribution in [3.63, 3.8) is 0 Å². The van der Waals surface area contributed by atoms with Gasteiger partial charge in [0.15, 0.2) is 0 Å². The smallest absolute Gasteiger partial charge is 0.217 e. The van der Waals surface area contributed by atoms with Crippen molar-refractivity contribution in [2.75, 3.05) is 39.5 Å². The highest BCUT2D eigenvalue weighted by molar-refractivity contribution is 5.73. The van der Waals surface area contributed by atoms with Crippen LogP contribution in [0.2, 0.25) is 0 Å². The Labute approximate surface area is 180 Å². The molecule has 0 aromatic heterocycles. The van der Waals surface area contributed by atoms with Crippen LogP contribution in [0.3, 0.4) is 0 Å². The molecule has 3 heterocycles. The van der Waals surface area contributed by atoms with E-state index in [0.717, 1.165) is 43.5 Å². The summed E-state index contributed by atoms with van der Waals surface area (Å²) in [4.78, 5) is 14.3. The summed E-state index contributed by atoms with van der Waals surface area (Å²) in [6.07, 6.45) is 7.22. The molecule has 6 nitrogen and oxygen atoms in total. The van der Waals surface area contributed by atoms with Crippen LogP contribution >= 0.6 is 0 Å². The molecule has 30 heavy (non-hydrogen) atoms. The normalized spacial score (nSPS) is 27.0. The van der Waals surface area contributed by atoms with Crippen LogP contribution in [0.4, 0.5) is 0 Å². The van der Waals surface area contributed by atoms with E-state index in [9.17, 15) is 4.79 Å². The average Bonchev–Trinajstić information content (AvgIpc) is 2.74. The van der Waals surface area contributed by atoms with Crippen LogP contribution in [0.5, 0.6) is 5.75 Å². The van der Waals surface area contributed by atoms with Gasteiger partial charge in [0.05, 0.1) is 11.7 Å². The number of ether oxygens (including phenoxy) is 3. The third kappa shape index (κ3) is 5.54. The first-order valence-electron chi connectivity index (χ1n) is 11.6. The van der Waals surface area contributed by atoms with Gasteiger partial charge >= 0.3 is 0 Å². The fourth-order valence-electron chi connectivity index (χ4n) is 5.19. The lowest BCUT2D eigenvalue weighted by Crippen LogP contribution is -2.51. The molecule has 1 aromatic rings. The number of carbonyl (C=O) groups is 1. The summed E-state index contributed by atoms with van der Waals surface area (Å²) in [5.41, 5.74) is 0.868. The second-order valence-electron chi connectivity index (χ2n) is 9.03. The number of nitrogens with zero attached hydrogens (tertiary/aromatic N) is 1. The second-order valence-corrected chi connectivity index (χ2v) is 9.03. The summed E-state index contributed by atoms with van der Waals surface area (Å²) in [7, 11) is 0. The average molecular weight is 417 g/mol. The van der Waals surface area contributed by atoms with E-state index >= 15 is 0 Å². The zero-order chi connectivity index (χ0) is 20.8. The molecular formula is C24H36N2O4. The van der Waals surface area contributed by atoms with Gasteiger partial charge in [0.25, 0.3) is 0 Å². The van der Waals surface area contributed by atoms with Crippen molar-refractivity contribution >= 4 is 5.91 Å². The van der Waals surface area contributed by atoms with Crippen LogP contribution in [0.15, 0.2) is 24.3 Å². The minimum atomic E-state index is -0.227. The molecule has 1 N–H and O–H groups in total. The SMILES string of the molecule is CC(=O)N[C@@H]1C[C@H](c2ccccc2OCCN2CCCCC2)OC2(CCOCC2)C1. The summed E-state index contributed by atoms with van der Waals surface area (Å²) in [6, 6.07) is 8.35. The lowest BCUT2D eigenvalue weighted by Gasteiger charge is -2.47. The van der Waals surface area contributed by atoms with Crippen molar-refractivity contribution in [2.45, 2.75) is 69.6 Å². The number of hydrogen-bond donors (Lipinski definition) is 1. The van der Waals surface area contributed by atoms with E-state index in [1.807, 2.05) is 12.1 Å². The van der Waals surface area contributed by atoms with Crippen LogP contribution in [0, 0.1) is 0 Å². The predicted octanol–water partition coefficient (Wildman–Crippen LogP) is 3.46. The van der Waals surface area contributed by atoms with Gasteiger partial charge in [0, 0.05) is 38.3 Å². The summed E-state index contributed by atoms with van der Waals surface area (Å²) in [5, 5.41) is 3.15. The lowest BCUT2D eigenvalue weighted by atomic mass is 9.81. The number of likely N-dealkylation sites (tertiary alicyclic amines) is 1. The number of hydrogen-bond acceptors (Lipinski definition) is 5. The zero-order valence-electron chi connectivity index (χ0n) is 18.2. The van der Waals surface area contributed by atoms with E-state index in [-0.39, 0.29) is 23.7 Å². The summed E-state index contributed by atoms with van der Waals surface area (Å²) >= 11 is 0. The molecule has 0 aliphatic carbocycles. The molecule has 0 radical (unpaired) electrons. The number of carbonyl (C=O) groups excluding carboxylic acids is 1. The van der Waals surface area contributed by atoms with Gasteiger partial charge in [-0.1, -0.05) is 24.6 Å². The van der Waals surface area contributed by atoms with E-state index in [1.54, 1.807) is 6.92 Å². The molecule has 1 spiro atoms. The molecule has 1 amide bonds. The maximum atomic E-state index is 11.8. The van der Waals surface area contributed by atoms with Crippen molar-refractivity contribution in [1.29, 1.82) is 0 Å². The molecule has 2 atom stereocenters. The predicted molar refractivity (Wildman–Crippen MR) is 116 cm³/mol. The van der Waals surface area contributed by atoms with Gasteiger partial charge < -0.3 is 19.5 Å². The first-order valence-corrected chi connectivity index (χ1v) is 11.6. The number of benzene rings is 1. The maximum Gasteiger partial charge on any atom is 0.217 e. The summed E-state index contributed by atoms with van der Waals surface area (Å²) in [6.45, 7) is 7.05. The quantitative estimate of drug-likeness (QED) is 0.770. The highest BCUT2D eigenvalue weighted by Crippen LogP contribution is 2.44. The van der Waals surface area contributed by atoms with Crippen LogP contribution < -0.4 is 10.1 Å². The van der Waals surface area contributed by atoms with Crippen LogP contribution in [0.25, 0.3) is 0 Å². The highest BCUT2D eigenvalue weighted by atomic mass is 16.5. The highest BCUT2D eigenvalue weighted by Gasteiger charge is 2.44. The van der Waals surface area contributed by atoms with Crippen molar-refractivity contribution in [3.05, 3.63) is 29.8 Å². The summed E-state index contributed by atoms with van der Waals surface area (Å²) in [5.74, 6) is 0.930. The maximum absolute atomic E-state index is 11.8. The topological polar surface area (TPSA) is 60.0 Å². The van der Waals surface area contributed by atoms with E-state index in [1.165, 1.54) is 32.4 Å². The van der Waals surface area contributed by atoms with E-state index < -0.39 is 0 Å². The Hall–Kier alpha value is -1.63. The molecule has 3 aliphatic heterocycles. The van der Waals surface area contributed by atoms with Crippen LogP contribution in [-0.4, -0.2) is 61.9 Å². The molecular weight excluding hydrogens is 380 g/mol. The molecule has 0 unspecified atom stereocenters. The van der Waals surface area contributed by atoms with Crippen molar-refractivity contribution in [3.8, 4) is 5.75 Å². The summed E-state index contributed by atoms with van der Waals surface area (Å²) < 4.78 is 18.6. The van der Waals surface area contributed by atoms with Gasteiger partial charge in [-0.2, -0.15) is 0 Å². The minimum Gasteiger partial charge on any atom is -0.492 e.